The Morgan fingerprint density at radius 1 is 1.08 bits per heavy atom. The van der Waals surface area contributed by atoms with Crippen LogP contribution >= 0.6 is 0 Å². The number of ether oxygens (including phenoxy) is 1. The first-order chi connectivity index (χ1) is 12.6. The zero-order valence-corrected chi connectivity index (χ0v) is 16.8. The number of ketones is 1. The minimum absolute atomic E-state index is 0.0374. The zero-order valence-electron chi connectivity index (χ0n) is 16.8. The Kier molecular flexibility index (Phi) is 5.47. The highest BCUT2D eigenvalue weighted by Crippen LogP contribution is 2.61. The monoisotopic (exact) mass is 356 g/mol. The third-order valence-corrected chi connectivity index (χ3v) is 8.59. The van der Waals surface area contributed by atoms with Crippen LogP contribution in [0.3, 0.4) is 0 Å². The Hall–Kier alpha value is -0.810. The molecule has 4 saturated carbocycles. The second kappa shape index (κ2) is 7.67. The minimum atomic E-state index is 0.0374. The molecule has 0 N–H and O–H groups in total. The van der Waals surface area contributed by atoms with Crippen molar-refractivity contribution in [1.29, 1.82) is 0 Å². The fraction of sp³-hybridized carbons (Fsp3) is 0.875. The number of hydrogen-bond acceptors (Lipinski definition) is 2. The number of rotatable bonds is 4. The molecule has 4 aliphatic carbocycles. The van der Waals surface area contributed by atoms with E-state index in [9.17, 15) is 4.79 Å². The van der Waals surface area contributed by atoms with Gasteiger partial charge in [0.1, 0.15) is 5.78 Å². The summed E-state index contributed by atoms with van der Waals surface area (Å²) in [7, 11) is 0. The van der Waals surface area contributed by atoms with Gasteiger partial charge in [-0.1, -0.05) is 6.92 Å². The molecule has 26 heavy (non-hydrogen) atoms. The van der Waals surface area contributed by atoms with Crippen LogP contribution in [0.25, 0.3) is 0 Å². The fourth-order valence-corrected chi connectivity index (χ4v) is 7.27. The highest BCUT2D eigenvalue weighted by atomic mass is 16.5. The van der Waals surface area contributed by atoms with Crippen LogP contribution in [-0.2, 0) is 9.53 Å². The lowest BCUT2D eigenvalue weighted by Gasteiger charge is -2.54. The average molecular weight is 357 g/mol. The highest BCUT2D eigenvalue weighted by Gasteiger charge is 2.56. The van der Waals surface area contributed by atoms with E-state index in [4.69, 9.17) is 4.74 Å². The van der Waals surface area contributed by atoms with Crippen LogP contribution in [0.4, 0.5) is 0 Å². The first-order valence-corrected chi connectivity index (χ1v) is 11.2. The molecule has 4 rings (SSSR count). The molecule has 0 radical (unpaired) electrons. The predicted octanol–water partition coefficient (Wildman–Crippen LogP) is 5.40. The van der Waals surface area contributed by atoms with Crippen LogP contribution in [0.5, 0.6) is 0 Å². The SMILES string of the molecule is CC#CCCCOC1CCC2C(CCC3C2CC[C@]2(C)C(=O)CCC32)C1. The maximum Gasteiger partial charge on any atom is 0.139 e. The Morgan fingerprint density at radius 2 is 1.92 bits per heavy atom. The Balaban J connectivity index is 1.33. The summed E-state index contributed by atoms with van der Waals surface area (Å²) in [5.74, 6) is 10.9. The molecule has 2 nitrogen and oxygen atoms in total. The van der Waals surface area contributed by atoms with E-state index in [2.05, 4.69) is 18.8 Å². The molecule has 0 aromatic rings. The molecule has 144 valence electrons. The van der Waals surface area contributed by atoms with Gasteiger partial charge in [0.15, 0.2) is 0 Å². The van der Waals surface area contributed by atoms with E-state index < -0.39 is 0 Å². The first kappa shape index (κ1) is 18.5. The number of unbranched alkanes of at least 4 members (excludes halogenated alkanes) is 1. The van der Waals surface area contributed by atoms with Crippen LogP contribution in [0.2, 0.25) is 0 Å². The molecular weight excluding hydrogens is 320 g/mol. The van der Waals surface area contributed by atoms with Crippen molar-refractivity contribution >= 4 is 5.78 Å². The van der Waals surface area contributed by atoms with Crippen molar-refractivity contribution in [1.82, 2.24) is 0 Å². The molecule has 0 aromatic heterocycles. The molecule has 6 unspecified atom stereocenters. The summed E-state index contributed by atoms with van der Waals surface area (Å²) in [5.41, 5.74) is 0.0374. The van der Waals surface area contributed by atoms with Crippen molar-refractivity contribution in [3.05, 3.63) is 0 Å². The van der Waals surface area contributed by atoms with E-state index in [0.29, 0.717) is 17.8 Å². The summed E-state index contributed by atoms with van der Waals surface area (Å²) in [6, 6.07) is 0. The molecule has 7 atom stereocenters. The summed E-state index contributed by atoms with van der Waals surface area (Å²) >= 11 is 0. The number of carbonyl (C=O) groups is 1. The summed E-state index contributed by atoms with van der Waals surface area (Å²) in [5, 5.41) is 0. The van der Waals surface area contributed by atoms with Crippen molar-refractivity contribution < 1.29 is 9.53 Å². The molecule has 0 amide bonds. The average Bonchev–Trinajstić information content (AvgIpc) is 2.96. The highest BCUT2D eigenvalue weighted by molar-refractivity contribution is 5.87. The molecule has 0 saturated heterocycles. The number of hydrogen-bond donors (Lipinski definition) is 0. The van der Waals surface area contributed by atoms with Crippen molar-refractivity contribution in [3.63, 3.8) is 0 Å². The second-order valence-corrected chi connectivity index (χ2v) is 9.69. The van der Waals surface area contributed by atoms with Gasteiger partial charge in [-0.3, -0.25) is 4.79 Å². The molecule has 4 fully saturated rings. The van der Waals surface area contributed by atoms with Crippen LogP contribution < -0.4 is 0 Å². The molecular formula is C24H36O2. The Labute approximate surface area is 159 Å². The van der Waals surface area contributed by atoms with Crippen molar-refractivity contribution in [2.75, 3.05) is 6.61 Å². The lowest BCUT2D eigenvalue weighted by molar-refractivity contribution is -0.134. The van der Waals surface area contributed by atoms with Crippen LogP contribution in [-0.4, -0.2) is 18.5 Å². The predicted molar refractivity (Wildman–Crippen MR) is 105 cm³/mol. The maximum absolute atomic E-state index is 12.5. The normalized spacial score (nSPS) is 44.5. The minimum Gasteiger partial charge on any atom is -0.378 e. The Morgan fingerprint density at radius 3 is 2.77 bits per heavy atom. The van der Waals surface area contributed by atoms with Crippen molar-refractivity contribution in [2.45, 2.75) is 90.6 Å². The first-order valence-electron chi connectivity index (χ1n) is 11.2. The number of Topliss-reactive ketones (excluding diaryl/α,β-unsaturated/α-hetero) is 1. The quantitative estimate of drug-likeness (QED) is 0.498. The van der Waals surface area contributed by atoms with Crippen LogP contribution in [0, 0.1) is 46.8 Å². The molecule has 0 aliphatic heterocycles. The molecule has 4 aliphatic rings. The smallest absolute Gasteiger partial charge is 0.139 e. The molecule has 2 heteroatoms. The standard InChI is InChI=1S/C24H36O2/c1-3-4-5-6-15-26-18-8-10-19-17(16-18)7-9-21-20(19)13-14-24(2)22(21)11-12-23(24)25/h17-22H,5-16H2,1-2H3/t17?,18?,19?,20?,21?,22?,24-/m0/s1. The van der Waals surface area contributed by atoms with Crippen molar-refractivity contribution in [2.24, 2.45) is 35.0 Å². The van der Waals surface area contributed by atoms with E-state index in [1.807, 2.05) is 6.92 Å². The Bertz CT molecular complexity index is 585. The van der Waals surface area contributed by atoms with E-state index in [1.54, 1.807) is 0 Å². The third-order valence-electron chi connectivity index (χ3n) is 8.59. The largest absolute Gasteiger partial charge is 0.378 e. The summed E-state index contributed by atoms with van der Waals surface area (Å²) in [4.78, 5) is 12.5. The number of fused-ring (bicyclic) bond motifs is 5. The third kappa shape index (κ3) is 3.26. The van der Waals surface area contributed by atoms with Gasteiger partial charge in [0.2, 0.25) is 0 Å². The summed E-state index contributed by atoms with van der Waals surface area (Å²) < 4.78 is 6.20. The van der Waals surface area contributed by atoms with Gasteiger partial charge < -0.3 is 4.74 Å². The van der Waals surface area contributed by atoms with E-state index in [-0.39, 0.29) is 5.41 Å². The zero-order chi connectivity index (χ0) is 18.1. The van der Waals surface area contributed by atoms with Crippen LogP contribution in [0.15, 0.2) is 0 Å². The van der Waals surface area contributed by atoms with Gasteiger partial charge in [-0.05, 0) is 94.3 Å². The maximum atomic E-state index is 12.5. The lowest BCUT2D eigenvalue weighted by atomic mass is 9.50. The molecule has 0 spiro atoms. The van der Waals surface area contributed by atoms with Gasteiger partial charge in [-0.25, -0.2) is 0 Å². The van der Waals surface area contributed by atoms with Gasteiger partial charge in [0.05, 0.1) is 6.10 Å². The topological polar surface area (TPSA) is 26.3 Å². The van der Waals surface area contributed by atoms with Crippen LogP contribution in [0.1, 0.15) is 84.5 Å². The summed E-state index contributed by atoms with van der Waals surface area (Å²) in [6.45, 7) is 5.09. The van der Waals surface area contributed by atoms with Gasteiger partial charge >= 0.3 is 0 Å². The summed E-state index contributed by atoms with van der Waals surface area (Å²) in [6.07, 6.45) is 13.7. The lowest BCUT2D eigenvalue weighted by Crippen LogP contribution is -2.49. The van der Waals surface area contributed by atoms with Crippen molar-refractivity contribution in [3.8, 4) is 11.8 Å². The van der Waals surface area contributed by atoms with Gasteiger partial charge in [0.25, 0.3) is 0 Å². The fourth-order valence-electron chi connectivity index (χ4n) is 7.27. The van der Waals surface area contributed by atoms with Gasteiger partial charge in [0, 0.05) is 24.9 Å². The van der Waals surface area contributed by atoms with Gasteiger partial charge in [-0.2, -0.15) is 0 Å². The van der Waals surface area contributed by atoms with E-state index in [1.165, 1.54) is 51.4 Å². The molecule has 0 aromatic carbocycles. The molecule has 0 heterocycles. The van der Waals surface area contributed by atoms with E-state index in [0.717, 1.165) is 49.5 Å². The van der Waals surface area contributed by atoms with Gasteiger partial charge in [-0.15, -0.1) is 11.8 Å². The number of carbonyl (C=O) groups excluding carboxylic acids is 1. The molecule has 0 bridgehead atoms. The van der Waals surface area contributed by atoms with E-state index >= 15 is 0 Å². The second-order valence-electron chi connectivity index (χ2n) is 9.69.